The van der Waals surface area contributed by atoms with Gasteiger partial charge in [0.15, 0.2) is 0 Å². The summed E-state index contributed by atoms with van der Waals surface area (Å²) in [4.78, 5) is 2.39. The average Bonchev–Trinajstić information content (AvgIpc) is 2.68. The van der Waals surface area contributed by atoms with Crippen molar-refractivity contribution < 1.29 is 9.84 Å². The van der Waals surface area contributed by atoms with Crippen LogP contribution in [0, 0.1) is 6.92 Å². The minimum atomic E-state index is -0.991. The molecule has 0 aliphatic carbocycles. The Morgan fingerprint density at radius 3 is 2.38 bits per heavy atom. The Hall–Kier alpha value is -1.94. The molecule has 1 N–H and O–H groups in total. The quantitative estimate of drug-likeness (QED) is 0.769. The summed E-state index contributed by atoms with van der Waals surface area (Å²) in [6.45, 7) is 10.1. The maximum atomic E-state index is 11.9. The predicted octanol–water partition coefficient (Wildman–Crippen LogP) is 3.87. The molecule has 0 amide bonds. The van der Waals surface area contributed by atoms with E-state index in [2.05, 4.69) is 42.7 Å². The van der Waals surface area contributed by atoms with Crippen LogP contribution in [-0.4, -0.2) is 42.9 Å². The average molecular weight is 351 g/mol. The first-order valence-electron chi connectivity index (χ1n) is 9.39. The Labute approximate surface area is 156 Å². The summed E-state index contributed by atoms with van der Waals surface area (Å²) in [7, 11) is 0. The van der Waals surface area contributed by atoms with Crippen molar-refractivity contribution in [3.63, 3.8) is 0 Å². The van der Waals surface area contributed by atoms with Crippen molar-refractivity contribution in [1.82, 2.24) is 4.90 Å². The highest BCUT2D eigenvalue weighted by atomic mass is 16.5. The SMILES string of the molecule is C=CC[C@](O)(c1ccc(C)cc1)[C@@H](CN1CCOCC1)c1ccccc1. The number of aliphatic hydroxyl groups is 1. The molecule has 1 heterocycles. The Morgan fingerprint density at radius 1 is 1.12 bits per heavy atom. The van der Waals surface area contributed by atoms with Crippen LogP contribution in [-0.2, 0) is 10.3 Å². The van der Waals surface area contributed by atoms with E-state index in [-0.39, 0.29) is 5.92 Å². The number of benzene rings is 2. The van der Waals surface area contributed by atoms with Gasteiger partial charge in [-0.1, -0.05) is 66.2 Å². The number of nitrogens with zero attached hydrogens (tertiary/aromatic N) is 1. The highest BCUT2D eigenvalue weighted by Crippen LogP contribution is 2.41. The number of hydrogen-bond acceptors (Lipinski definition) is 3. The third-order valence-corrected chi connectivity index (χ3v) is 5.33. The molecule has 1 aliphatic heterocycles. The molecular weight excluding hydrogens is 322 g/mol. The molecule has 2 aromatic carbocycles. The smallest absolute Gasteiger partial charge is 0.101 e. The van der Waals surface area contributed by atoms with Gasteiger partial charge in [-0.25, -0.2) is 0 Å². The lowest BCUT2D eigenvalue weighted by Crippen LogP contribution is -2.44. The van der Waals surface area contributed by atoms with Crippen LogP contribution in [0.2, 0.25) is 0 Å². The van der Waals surface area contributed by atoms with E-state index in [0.29, 0.717) is 6.42 Å². The van der Waals surface area contributed by atoms with E-state index < -0.39 is 5.60 Å². The van der Waals surface area contributed by atoms with Gasteiger partial charge in [0.1, 0.15) is 5.60 Å². The second kappa shape index (κ2) is 8.63. The maximum absolute atomic E-state index is 11.9. The van der Waals surface area contributed by atoms with Crippen molar-refractivity contribution in [1.29, 1.82) is 0 Å². The first-order valence-corrected chi connectivity index (χ1v) is 9.39. The number of hydrogen-bond donors (Lipinski definition) is 1. The van der Waals surface area contributed by atoms with Crippen molar-refractivity contribution in [3.05, 3.63) is 83.9 Å². The first-order chi connectivity index (χ1) is 12.6. The van der Waals surface area contributed by atoms with Crippen molar-refractivity contribution in [3.8, 4) is 0 Å². The molecule has 3 rings (SSSR count). The van der Waals surface area contributed by atoms with E-state index in [0.717, 1.165) is 44.0 Å². The van der Waals surface area contributed by atoms with E-state index in [4.69, 9.17) is 4.74 Å². The standard InChI is InChI=1S/C23H29NO2/c1-3-13-23(25,21-11-9-19(2)10-12-21)22(20-7-5-4-6-8-20)18-24-14-16-26-17-15-24/h3-12,22,25H,1,13-18H2,2H3/t22-,23-/m0/s1. The van der Waals surface area contributed by atoms with Crippen molar-refractivity contribution in [2.24, 2.45) is 0 Å². The van der Waals surface area contributed by atoms with Crippen molar-refractivity contribution in [2.75, 3.05) is 32.8 Å². The Balaban J connectivity index is 2.00. The van der Waals surface area contributed by atoms with Crippen LogP contribution < -0.4 is 0 Å². The molecule has 1 saturated heterocycles. The maximum Gasteiger partial charge on any atom is 0.101 e. The molecule has 3 nitrogen and oxygen atoms in total. The molecule has 1 fully saturated rings. The lowest BCUT2D eigenvalue weighted by atomic mass is 9.74. The van der Waals surface area contributed by atoms with Crippen LogP contribution in [0.1, 0.15) is 29.0 Å². The summed E-state index contributed by atoms with van der Waals surface area (Å²) in [5.74, 6) is -0.0393. The molecule has 26 heavy (non-hydrogen) atoms. The molecule has 2 aromatic rings. The van der Waals surface area contributed by atoms with Gasteiger partial charge in [0.05, 0.1) is 13.2 Å². The van der Waals surface area contributed by atoms with E-state index in [1.165, 1.54) is 5.56 Å². The highest BCUT2D eigenvalue weighted by Gasteiger charge is 2.39. The minimum Gasteiger partial charge on any atom is -0.384 e. The van der Waals surface area contributed by atoms with E-state index in [1.54, 1.807) is 0 Å². The lowest BCUT2D eigenvalue weighted by Gasteiger charge is -2.40. The third-order valence-electron chi connectivity index (χ3n) is 5.33. The molecule has 0 bridgehead atoms. The summed E-state index contributed by atoms with van der Waals surface area (Å²) in [5, 5.41) is 11.9. The van der Waals surface area contributed by atoms with Gasteiger partial charge in [-0.05, 0) is 24.5 Å². The fourth-order valence-corrected chi connectivity index (χ4v) is 3.78. The normalized spacial score (nSPS) is 18.8. The molecule has 0 spiro atoms. The Kier molecular flexibility index (Phi) is 6.25. The topological polar surface area (TPSA) is 32.7 Å². The van der Waals surface area contributed by atoms with Crippen LogP contribution in [0.25, 0.3) is 0 Å². The Bertz CT molecular complexity index is 692. The van der Waals surface area contributed by atoms with Gasteiger partial charge in [0.2, 0.25) is 0 Å². The molecule has 0 unspecified atom stereocenters. The summed E-state index contributed by atoms with van der Waals surface area (Å²) in [6.07, 6.45) is 2.34. The molecule has 3 heteroatoms. The zero-order chi connectivity index (χ0) is 18.4. The van der Waals surface area contributed by atoms with Crippen LogP contribution in [0.4, 0.5) is 0 Å². The largest absolute Gasteiger partial charge is 0.384 e. The van der Waals surface area contributed by atoms with Crippen LogP contribution in [0.3, 0.4) is 0 Å². The van der Waals surface area contributed by atoms with Gasteiger partial charge < -0.3 is 9.84 Å². The van der Waals surface area contributed by atoms with Gasteiger partial charge >= 0.3 is 0 Å². The zero-order valence-corrected chi connectivity index (χ0v) is 15.6. The predicted molar refractivity (Wildman–Crippen MR) is 106 cm³/mol. The summed E-state index contributed by atoms with van der Waals surface area (Å²) in [6, 6.07) is 18.6. The fourth-order valence-electron chi connectivity index (χ4n) is 3.78. The monoisotopic (exact) mass is 351 g/mol. The molecular formula is C23H29NO2. The molecule has 2 atom stereocenters. The number of rotatable bonds is 7. The van der Waals surface area contributed by atoms with E-state index in [1.807, 2.05) is 36.4 Å². The van der Waals surface area contributed by atoms with Crippen molar-refractivity contribution >= 4 is 0 Å². The fraction of sp³-hybridized carbons (Fsp3) is 0.391. The summed E-state index contributed by atoms with van der Waals surface area (Å²) < 4.78 is 5.50. The molecule has 0 radical (unpaired) electrons. The van der Waals surface area contributed by atoms with Gasteiger partial charge in [-0.3, -0.25) is 4.90 Å². The molecule has 1 aliphatic rings. The van der Waals surface area contributed by atoms with Gasteiger partial charge in [0.25, 0.3) is 0 Å². The van der Waals surface area contributed by atoms with Gasteiger partial charge in [0, 0.05) is 25.6 Å². The van der Waals surface area contributed by atoms with Gasteiger partial charge in [-0.2, -0.15) is 0 Å². The summed E-state index contributed by atoms with van der Waals surface area (Å²) in [5.41, 5.74) is 2.31. The van der Waals surface area contributed by atoms with E-state index in [9.17, 15) is 5.11 Å². The Morgan fingerprint density at radius 2 is 1.77 bits per heavy atom. The first kappa shape index (κ1) is 18.8. The number of aryl methyl sites for hydroxylation is 1. The van der Waals surface area contributed by atoms with Crippen molar-refractivity contribution in [2.45, 2.75) is 24.9 Å². The minimum absolute atomic E-state index is 0.0393. The molecule has 138 valence electrons. The second-order valence-corrected chi connectivity index (χ2v) is 7.16. The van der Waals surface area contributed by atoms with Crippen LogP contribution in [0.5, 0.6) is 0 Å². The highest BCUT2D eigenvalue weighted by molar-refractivity contribution is 5.34. The lowest BCUT2D eigenvalue weighted by molar-refractivity contribution is -0.0206. The van der Waals surface area contributed by atoms with Crippen LogP contribution >= 0.6 is 0 Å². The molecule has 0 aromatic heterocycles. The second-order valence-electron chi connectivity index (χ2n) is 7.16. The van der Waals surface area contributed by atoms with E-state index >= 15 is 0 Å². The van der Waals surface area contributed by atoms with Gasteiger partial charge in [-0.15, -0.1) is 6.58 Å². The zero-order valence-electron chi connectivity index (χ0n) is 15.6. The number of morpholine rings is 1. The van der Waals surface area contributed by atoms with Crippen LogP contribution in [0.15, 0.2) is 67.3 Å². The summed E-state index contributed by atoms with van der Waals surface area (Å²) >= 11 is 0. The number of ether oxygens (including phenoxy) is 1. The third kappa shape index (κ3) is 4.24. The molecule has 0 saturated carbocycles.